The topological polar surface area (TPSA) is 0 Å². The Labute approximate surface area is 239 Å². The molecule has 0 aromatic heterocycles. The molecule has 2 fully saturated rings. The summed E-state index contributed by atoms with van der Waals surface area (Å²) in [4.78, 5) is 0. The molecule has 0 nitrogen and oxygen atoms in total. The van der Waals surface area contributed by atoms with Crippen LogP contribution in [0, 0.1) is 40.4 Å². The Morgan fingerprint density at radius 3 is 2.16 bits per heavy atom. The van der Waals surface area contributed by atoms with Crippen molar-refractivity contribution >= 4 is 0 Å². The molecule has 0 spiro atoms. The number of hydrogen-bond donors (Lipinski definition) is 0. The Kier molecular flexibility index (Phi) is 17.0. The molecule has 2 saturated carbocycles. The molecular weight excluding hydrogens is 463 g/mol. The number of halogens is 1. The van der Waals surface area contributed by atoms with Crippen LogP contribution >= 0.6 is 0 Å². The van der Waals surface area contributed by atoms with E-state index < -0.39 is 6.17 Å². The Morgan fingerprint density at radius 2 is 1.68 bits per heavy atom. The molecule has 0 heterocycles. The number of rotatable bonds is 13. The first kappa shape index (κ1) is 36.9. The van der Waals surface area contributed by atoms with Gasteiger partial charge in [-0.1, -0.05) is 125 Å². The highest BCUT2D eigenvalue weighted by atomic mass is 19.1. The van der Waals surface area contributed by atoms with Crippen LogP contribution in [0.2, 0.25) is 0 Å². The van der Waals surface area contributed by atoms with Crippen molar-refractivity contribution in [2.24, 2.45) is 40.4 Å². The third-order valence-electron chi connectivity index (χ3n) is 9.59. The molecular formula is C37H67F. The average molecular weight is 531 g/mol. The highest BCUT2D eigenvalue weighted by Gasteiger charge is 2.55. The smallest absolute Gasteiger partial charge is 0.121 e. The maximum Gasteiger partial charge on any atom is 0.121 e. The Morgan fingerprint density at radius 1 is 1.08 bits per heavy atom. The van der Waals surface area contributed by atoms with Gasteiger partial charge in [0.05, 0.1) is 0 Å². The molecule has 0 bridgehead atoms. The fourth-order valence-corrected chi connectivity index (χ4v) is 6.72. The second-order valence-corrected chi connectivity index (χ2v) is 12.9. The van der Waals surface area contributed by atoms with Gasteiger partial charge in [0, 0.05) is 0 Å². The summed E-state index contributed by atoms with van der Waals surface area (Å²) in [5, 5.41) is 0. The fraction of sp³-hybridized carbons (Fsp3) is 0.784. The largest absolute Gasteiger partial charge is 0.243 e. The van der Waals surface area contributed by atoms with E-state index in [2.05, 4.69) is 66.9 Å². The Hall–Kier alpha value is -1.11. The summed E-state index contributed by atoms with van der Waals surface area (Å²) in [6.07, 6.45) is 14.8. The summed E-state index contributed by atoms with van der Waals surface area (Å²) >= 11 is 0. The molecule has 38 heavy (non-hydrogen) atoms. The molecule has 2 rings (SSSR count). The quantitative estimate of drug-likeness (QED) is 0.164. The highest BCUT2D eigenvalue weighted by Crippen LogP contribution is 2.65. The Balaban J connectivity index is 0.00000326. The van der Waals surface area contributed by atoms with Gasteiger partial charge in [-0.2, -0.15) is 0 Å². The van der Waals surface area contributed by atoms with Gasteiger partial charge in [0.15, 0.2) is 0 Å². The van der Waals surface area contributed by atoms with Gasteiger partial charge in [-0.3, -0.25) is 0 Å². The van der Waals surface area contributed by atoms with Gasteiger partial charge in [-0.25, -0.2) is 4.39 Å². The number of allylic oxidation sites excluding steroid dienone is 5. The summed E-state index contributed by atoms with van der Waals surface area (Å²) in [5.74, 6) is 2.87. The highest BCUT2D eigenvalue weighted by molar-refractivity contribution is 5.31. The van der Waals surface area contributed by atoms with Crippen LogP contribution in [-0.4, -0.2) is 6.17 Å². The summed E-state index contributed by atoms with van der Waals surface area (Å²) in [5.41, 5.74) is 3.84. The van der Waals surface area contributed by atoms with Crippen LogP contribution in [0.4, 0.5) is 4.39 Å². The SMILES string of the molecule is C=CCCC1CC1(CC)C(=C)[C@@H](CC(=C)/C=C(\C(F)CC)C(C)C(C)(C)C)C1CCC[C@H](C)C1.CC.CC. The van der Waals surface area contributed by atoms with Crippen molar-refractivity contribution in [2.45, 2.75) is 147 Å². The molecule has 0 aliphatic heterocycles. The summed E-state index contributed by atoms with van der Waals surface area (Å²) < 4.78 is 15.1. The van der Waals surface area contributed by atoms with E-state index in [9.17, 15) is 0 Å². The number of hydrogen-bond acceptors (Lipinski definition) is 0. The van der Waals surface area contributed by atoms with Crippen LogP contribution in [0.3, 0.4) is 0 Å². The van der Waals surface area contributed by atoms with Crippen LogP contribution in [0.15, 0.2) is 48.6 Å². The van der Waals surface area contributed by atoms with E-state index in [-0.39, 0.29) is 11.3 Å². The van der Waals surface area contributed by atoms with Crippen molar-refractivity contribution in [1.29, 1.82) is 0 Å². The van der Waals surface area contributed by atoms with Gasteiger partial charge in [-0.15, -0.1) is 6.58 Å². The molecule has 0 saturated heterocycles. The van der Waals surface area contributed by atoms with Crippen molar-refractivity contribution in [3.63, 3.8) is 0 Å². The summed E-state index contributed by atoms with van der Waals surface area (Å²) in [6.45, 7) is 36.8. The Bertz CT molecular complexity index is 734. The molecule has 5 unspecified atom stereocenters. The molecule has 2 aliphatic rings. The van der Waals surface area contributed by atoms with Crippen molar-refractivity contribution in [2.75, 3.05) is 0 Å². The minimum absolute atomic E-state index is 0.0338. The van der Waals surface area contributed by atoms with Gasteiger partial charge < -0.3 is 0 Å². The van der Waals surface area contributed by atoms with E-state index in [0.717, 1.165) is 35.8 Å². The lowest BCUT2D eigenvalue weighted by Gasteiger charge is -2.38. The van der Waals surface area contributed by atoms with Crippen LogP contribution in [0.25, 0.3) is 0 Å². The van der Waals surface area contributed by atoms with Crippen molar-refractivity contribution in [3.05, 3.63) is 48.6 Å². The van der Waals surface area contributed by atoms with Gasteiger partial charge in [-0.05, 0) is 97.4 Å². The molecule has 0 radical (unpaired) electrons. The van der Waals surface area contributed by atoms with E-state index in [4.69, 9.17) is 6.58 Å². The molecule has 0 aromatic carbocycles. The van der Waals surface area contributed by atoms with Crippen LogP contribution in [-0.2, 0) is 0 Å². The minimum atomic E-state index is -0.893. The first-order valence-corrected chi connectivity index (χ1v) is 16.2. The lowest BCUT2D eigenvalue weighted by atomic mass is 9.67. The number of alkyl halides is 1. The summed E-state index contributed by atoms with van der Waals surface area (Å²) in [7, 11) is 0. The predicted octanol–water partition coefficient (Wildman–Crippen LogP) is 12.7. The van der Waals surface area contributed by atoms with Crippen molar-refractivity contribution in [3.8, 4) is 0 Å². The van der Waals surface area contributed by atoms with Crippen molar-refractivity contribution in [1.82, 2.24) is 0 Å². The van der Waals surface area contributed by atoms with Gasteiger partial charge in [0.1, 0.15) is 6.17 Å². The minimum Gasteiger partial charge on any atom is -0.243 e. The molecule has 2 aliphatic carbocycles. The van der Waals surface area contributed by atoms with E-state index in [1.165, 1.54) is 50.5 Å². The molecule has 0 amide bonds. The van der Waals surface area contributed by atoms with Gasteiger partial charge in [0.25, 0.3) is 0 Å². The first-order chi connectivity index (χ1) is 17.9. The standard InChI is InChI=1S/C33H55F.2C2H6/c1-11-14-18-28-22-33(28,13-3)26(7)29(27-17-15-16-23(4)19-27)20-24(5)21-30(31(34)12-2)25(6)32(8,9)10;2*1-2/h11,21,23,25,27-29,31H,1,5,7,12-20,22H2,2-4,6,8-10H3;2*1-2H3/b30-21-;;/t23-,25?,27?,28?,29+,31?,33?;;/m0../s1. The van der Waals surface area contributed by atoms with Crippen LogP contribution in [0.5, 0.6) is 0 Å². The fourth-order valence-electron chi connectivity index (χ4n) is 6.72. The third kappa shape index (κ3) is 10.1. The first-order valence-electron chi connectivity index (χ1n) is 16.2. The second-order valence-electron chi connectivity index (χ2n) is 12.9. The van der Waals surface area contributed by atoms with E-state index in [1.54, 1.807) is 0 Å². The molecule has 0 aromatic rings. The summed E-state index contributed by atoms with van der Waals surface area (Å²) in [6, 6.07) is 0. The predicted molar refractivity (Wildman–Crippen MR) is 172 cm³/mol. The zero-order chi connectivity index (χ0) is 29.7. The van der Waals surface area contributed by atoms with E-state index in [0.29, 0.717) is 23.7 Å². The maximum atomic E-state index is 15.1. The van der Waals surface area contributed by atoms with E-state index in [1.807, 2.05) is 34.6 Å². The van der Waals surface area contributed by atoms with Gasteiger partial charge >= 0.3 is 0 Å². The normalized spacial score (nSPS) is 27.5. The second kappa shape index (κ2) is 17.6. The zero-order valence-electron chi connectivity index (χ0n) is 27.7. The molecule has 7 atom stereocenters. The zero-order valence-corrected chi connectivity index (χ0v) is 27.7. The van der Waals surface area contributed by atoms with Crippen LogP contribution in [0.1, 0.15) is 140 Å². The average Bonchev–Trinajstić information content (AvgIpc) is 3.64. The van der Waals surface area contributed by atoms with Gasteiger partial charge in [0.2, 0.25) is 0 Å². The molecule has 0 N–H and O–H groups in total. The van der Waals surface area contributed by atoms with Crippen molar-refractivity contribution < 1.29 is 4.39 Å². The van der Waals surface area contributed by atoms with E-state index >= 15 is 4.39 Å². The molecule has 1 heteroatoms. The molecule has 222 valence electrons. The third-order valence-corrected chi connectivity index (χ3v) is 9.59. The van der Waals surface area contributed by atoms with Crippen LogP contribution < -0.4 is 0 Å². The maximum absolute atomic E-state index is 15.1. The lowest BCUT2D eigenvalue weighted by molar-refractivity contribution is 0.210. The lowest BCUT2D eigenvalue weighted by Crippen LogP contribution is -2.27. The monoisotopic (exact) mass is 531 g/mol.